The molecule has 2 heterocycles. The standard InChI is InChI=1S/C14H18BrN3O/c1-3-5-8-16-14(19)13-11(4-2)17-12-7-6-10(15)9-18(12)13/h6-7,9H,3-5,8H2,1-2H3,(H,16,19). The maximum atomic E-state index is 12.3. The minimum absolute atomic E-state index is 0.0455. The number of aryl methyl sites for hydroxylation is 1. The monoisotopic (exact) mass is 323 g/mol. The number of amides is 1. The molecular formula is C14H18BrN3O. The summed E-state index contributed by atoms with van der Waals surface area (Å²) in [5, 5.41) is 2.96. The molecule has 4 nitrogen and oxygen atoms in total. The van der Waals surface area contributed by atoms with E-state index in [0.29, 0.717) is 12.2 Å². The average molecular weight is 324 g/mol. The Labute approximate surface area is 121 Å². The van der Waals surface area contributed by atoms with Crippen LogP contribution >= 0.6 is 15.9 Å². The Kier molecular flexibility index (Phi) is 4.58. The molecule has 0 saturated heterocycles. The highest BCUT2D eigenvalue weighted by atomic mass is 79.9. The predicted octanol–water partition coefficient (Wildman–Crippen LogP) is 3.19. The van der Waals surface area contributed by atoms with E-state index in [-0.39, 0.29) is 5.91 Å². The van der Waals surface area contributed by atoms with Crippen LogP contribution in [0.4, 0.5) is 0 Å². The lowest BCUT2D eigenvalue weighted by Gasteiger charge is -2.06. The van der Waals surface area contributed by atoms with Gasteiger partial charge in [0.2, 0.25) is 0 Å². The zero-order chi connectivity index (χ0) is 13.8. The van der Waals surface area contributed by atoms with Gasteiger partial charge in [-0.3, -0.25) is 9.20 Å². The fourth-order valence-corrected chi connectivity index (χ4v) is 2.35. The Morgan fingerprint density at radius 2 is 2.21 bits per heavy atom. The van der Waals surface area contributed by atoms with E-state index in [9.17, 15) is 4.79 Å². The van der Waals surface area contributed by atoms with Crippen LogP contribution in [-0.2, 0) is 6.42 Å². The van der Waals surface area contributed by atoms with Crippen molar-refractivity contribution in [2.45, 2.75) is 33.1 Å². The Morgan fingerprint density at radius 3 is 2.89 bits per heavy atom. The smallest absolute Gasteiger partial charge is 0.270 e. The minimum Gasteiger partial charge on any atom is -0.351 e. The van der Waals surface area contributed by atoms with Crippen LogP contribution in [0.5, 0.6) is 0 Å². The first-order valence-corrected chi connectivity index (χ1v) is 7.41. The number of aromatic nitrogens is 2. The first kappa shape index (κ1) is 14.1. The third kappa shape index (κ3) is 2.97. The minimum atomic E-state index is -0.0455. The van der Waals surface area contributed by atoms with Gasteiger partial charge in [-0.05, 0) is 40.9 Å². The summed E-state index contributed by atoms with van der Waals surface area (Å²) in [7, 11) is 0. The molecule has 0 aromatic carbocycles. The van der Waals surface area contributed by atoms with Crippen molar-refractivity contribution in [1.82, 2.24) is 14.7 Å². The number of hydrogen-bond acceptors (Lipinski definition) is 2. The van der Waals surface area contributed by atoms with E-state index in [1.807, 2.05) is 29.7 Å². The first-order chi connectivity index (χ1) is 9.17. The van der Waals surface area contributed by atoms with Crippen LogP contribution in [0.15, 0.2) is 22.8 Å². The van der Waals surface area contributed by atoms with Crippen LogP contribution in [-0.4, -0.2) is 21.8 Å². The summed E-state index contributed by atoms with van der Waals surface area (Å²) < 4.78 is 2.78. The quantitative estimate of drug-likeness (QED) is 0.859. The van der Waals surface area contributed by atoms with Gasteiger partial charge >= 0.3 is 0 Å². The number of carbonyl (C=O) groups excluding carboxylic acids is 1. The molecule has 2 rings (SSSR count). The number of fused-ring (bicyclic) bond motifs is 1. The number of unbranched alkanes of at least 4 members (excludes halogenated alkanes) is 1. The van der Waals surface area contributed by atoms with Crippen molar-refractivity contribution in [3.63, 3.8) is 0 Å². The molecule has 1 N–H and O–H groups in total. The van der Waals surface area contributed by atoms with Crippen molar-refractivity contribution in [1.29, 1.82) is 0 Å². The van der Waals surface area contributed by atoms with Gasteiger partial charge in [0.1, 0.15) is 11.3 Å². The van der Waals surface area contributed by atoms with Gasteiger partial charge < -0.3 is 5.32 Å². The lowest BCUT2D eigenvalue weighted by molar-refractivity contribution is 0.0946. The maximum Gasteiger partial charge on any atom is 0.270 e. The zero-order valence-corrected chi connectivity index (χ0v) is 12.8. The Balaban J connectivity index is 2.39. The molecule has 102 valence electrons. The Bertz CT molecular complexity index is 592. The van der Waals surface area contributed by atoms with E-state index in [2.05, 4.69) is 33.2 Å². The second-order valence-electron chi connectivity index (χ2n) is 4.45. The Hall–Kier alpha value is -1.36. The summed E-state index contributed by atoms with van der Waals surface area (Å²) in [6.07, 6.45) is 4.69. The van der Waals surface area contributed by atoms with Gasteiger partial charge in [-0.2, -0.15) is 0 Å². The van der Waals surface area contributed by atoms with Crippen LogP contribution < -0.4 is 5.32 Å². The second kappa shape index (κ2) is 6.19. The fraction of sp³-hybridized carbons (Fsp3) is 0.429. The van der Waals surface area contributed by atoms with Gasteiger partial charge in [0.05, 0.1) is 5.69 Å². The molecule has 0 aliphatic carbocycles. The van der Waals surface area contributed by atoms with Gasteiger partial charge in [0.25, 0.3) is 5.91 Å². The summed E-state index contributed by atoms with van der Waals surface area (Å²) in [4.78, 5) is 16.8. The third-order valence-electron chi connectivity index (χ3n) is 3.02. The van der Waals surface area contributed by atoms with Gasteiger partial charge in [-0.1, -0.05) is 20.3 Å². The molecule has 0 aliphatic rings. The van der Waals surface area contributed by atoms with Gasteiger partial charge in [-0.25, -0.2) is 4.98 Å². The fourth-order valence-electron chi connectivity index (χ4n) is 2.02. The molecule has 1 amide bonds. The molecule has 19 heavy (non-hydrogen) atoms. The van der Waals surface area contributed by atoms with Crippen molar-refractivity contribution in [2.24, 2.45) is 0 Å². The van der Waals surface area contributed by atoms with Crippen molar-refractivity contribution >= 4 is 27.5 Å². The molecule has 0 bridgehead atoms. The predicted molar refractivity (Wildman–Crippen MR) is 79.5 cm³/mol. The highest BCUT2D eigenvalue weighted by Gasteiger charge is 2.17. The third-order valence-corrected chi connectivity index (χ3v) is 3.49. The number of halogens is 1. The molecule has 0 aliphatic heterocycles. The zero-order valence-electron chi connectivity index (χ0n) is 11.2. The van der Waals surface area contributed by atoms with Crippen LogP contribution in [0.2, 0.25) is 0 Å². The number of pyridine rings is 1. The van der Waals surface area contributed by atoms with E-state index >= 15 is 0 Å². The maximum absolute atomic E-state index is 12.3. The molecule has 0 atom stereocenters. The van der Waals surface area contributed by atoms with Gasteiger partial charge in [0.15, 0.2) is 0 Å². The molecule has 0 fully saturated rings. The molecule has 0 spiro atoms. The van der Waals surface area contributed by atoms with Gasteiger partial charge in [0, 0.05) is 17.2 Å². The summed E-state index contributed by atoms with van der Waals surface area (Å²) in [6.45, 7) is 4.83. The number of nitrogens with zero attached hydrogens (tertiary/aromatic N) is 2. The van der Waals surface area contributed by atoms with Crippen LogP contribution in [0.25, 0.3) is 5.65 Å². The molecule has 0 unspecified atom stereocenters. The lowest BCUT2D eigenvalue weighted by Crippen LogP contribution is -2.26. The topological polar surface area (TPSA) is 46.4 Å². The van der Waals surface area contributed by atoms with Crippen LogP contribution in [0.3, 0.4) is 0 Å². The summed E-state index contributed by atoms with van der Waals surface area (Å²) in [6, 6.07) is 3.84. The highest BCUT2D eigenvalue weighted by molar-refractivity contribution is 9.10. The number of carbonyl (C=O) groups is 1. The first-order valence-electron chi connectivity index (χ1n) is 6.62. The normalized spacial score (nSPS) is 10.9. The molecule has 2 aromatic heterocycles. The van der Waals surface area contributed by atoms with E-state index in [1.54, 1.807) is 0 Å². The second-order valence-corrected chi connectivity index (χ2v) is 5.36. The van der Waals surface area contributed by atoms with Crippen LogP contribution in [0.1, 0.15) is 42.9 Å². The van der Waals surface area contributed by atoms with Crippen molar-refractivity contribution in [3.8, 4) is 0 Å². The Morgan fingerprint density at radius 1 is 1.42 bits per heavy atom. The number of imidazole rings is 1. The van der Waals surface area contributed by atoms with E-state index in [0.717, 1.165) is 35.1 Å². The number of nitrogens with one attached hydrogen (secondary N) is 1. The van der Waals surface area contributed by atoms with Gasteiger partial charge in [-0.15, -0.1) is 0 Å². The molecule has 0 saturated carbocycles. The summed E-state index contributed by atoms with van der Waals surface area (Å²) >= 11 is 3.43. The van der Waals surface area contributed by atoms with E-state index in [1.165, 1.54) is 0 Å². The van der Waals surface area contributed by atoms with E-state index < -0.39 is 0 Å². The molecular weight excluding hydrogens is 306 g/mol. The van der Waals surface area contributed by atoms with Crippen LogP contribution in [0, 0.1) is 0 Å². The summed E-state index contributed by atoms with van der Waals surface area (Å²) in [5.74, 6) is -0.0455. The average Bonchev–Trinajstić information content (AvgIpc) is 2.76. The van der Waals surface area contributed by atoms with Crippen molar-refractivity contribution < 1.29 is 4.79 Å². The lowest BCUT2D eigenvalue weighted by atomic mass is 10.2. The van der Waals surface area contributed by atoms with E-state index in [4.69, 9.17) is 0 Å². The van der Waals surface area contributed by atoms with Crippen molar-refractivity contribution in [3.05, 3.63) is 34.2 Å². The largest absolute Gasteiger partial charge is 0.351 e. The molecule has 2 aromatic rings. The highest BCUT2D eigenvalue weighted by Crippen LogP contribution is 2.17. The number of hydrogen-bond donors (Lipinski definition) is 1. The number of rotatable bonds is 5. The molecule has 0 radical (unpaired) electrons. The SMILES string of the molecule is CCCCNC(=O)c1c(CC)nc2ccc(Br)cn12. The van der Waals surface area contributed by atoms with Crippen molar-refractivity contribution in [2.75, 3.05) is 6.54 Å². The molecule has 5 heteroatoms. The summed E-state index contributed by atoms with van der Waals surface area (Å²) in [5.41, 5.74) is 2.29.